The van der Waals surface area contributed by atoms with Crippen molar-refractivity contribution in [3.8, 4) is 0 Å². The molecule has 1 atom stereocenters. The highest BCUT2D eigenvalue weighted by atomic mass is 35.5. The molecule has 1 aliphatic rings. The van der Waals surface area contributed by atoms with Gasteiger partial charge in [0.05, 0.1) is 30.3 Å². The summed E-state index contributed by atoms with van der Waals surface area (Å²) in [5.74, 6) is -1.29. The summed E-state index contributed by atoms with van der Waals surface area (Å²) in [6, 6.07) is 10.1. The number of hydrogen-bond acceptors (Lipinski definition) is 5. The van der Waals surface area contributed by atoms with Crippen molar-refractivity contribution in [3.63, 3.8) is 0 Å². The minimum absolute atomic E-state index is 0.0187. The number of amides is 1. The van der Waals surface area contributed by atoms with E-state index in [2.05, 4.69) is 20.4 Å². The number of nitrogens with one attached hydrogen (secondary N) is 2. The lowest BCUT2D eigenvalue weighted by Gasteiger charge is -2.14. The molecule has 3 rings (SSSR count). The molecule has 30 heavy (non-hydrogen) atoms. The fourth-order valence-corrected chi connectivity index (χ4v) is 3.04. The van der Waals surface area contributed by atoms with Gasteiger partial charge in [0.15, 0.2) is 0 Å². The Hall–Kier alpha value is -2.97. The summed E-state index contributed by atoms with van der Waals surface area (Å²) in [4.78, 5) is 28.6. The topological polar surface area (TPSA) is 89.0 Å². The van der Waals surface area contributed by atoms with Crippen molar-refractivity contribution in [3.05, 3.63) is 64.4 Å². The molecule has 7 nitrogen and oxygen atoms in total. The molecule has 1 fully saturated rings. The molecule has 1 heterocycles. The third-order valence-electron chi connectivity index (χ3n) is 4.46. The largest absolute Gasteiger partial charge is 0.465 e. The average Bonchev–Trinajstić information content (AvgIpc) is 3.28. The lowest BCUT2D eigenvalue weighted by atomic mass is 10.1. The van der Waals surface area contributed by atoms with E-state index in [4.69, 9.17) is 16.3 Å². The van der Waals surface area contributed by atoms with Gasteiger partial charge in [-0.1, -0.05) is 11.6 Å². The first kappa shape index (κ1) is 21.7. The Morgan fingerprint density at radius 3 is 2.60 bits per heavy atom. The molecule has 0 aliphatic carbocycles. The number of aliphatic imine (C=N–C) groups is 1. The SMILES string of the molecule is COC(=O)c1ccc(C(=O)NC(=NCC2CCCO2)Nc2ccc(F)c(Cl)c2)cc1. The second kappa shape index (κ2) is 10.2. The Balaban J connectivity index is 1.74. The van der Waals surface area contributed by atoms with E-state index in [0.717, 1.165) is 12.8 Å². The van der Waals surface area contributed by atoms with E-state index in [0.29, 0.717) is 30.0 Å². The van der Waals surface area contributed by atoms with Crippen LogP contribution in [0.2, 0.25) is 5.02 Å². The molecule has 1 unspecified atom stereocenters. The van der Waals surface area contributed by atoms with Crippen molar-refractivity contribution in [2.24, 2.45) is 4.99 Å². The van der Waals surface area contributed by atoms with Crippen LogP contribution in [0, 0.1) is 5.82 Å². The second-order valence-corrected chi connectivity index (χ2v) is 7.01. The van der Waals surface area contributed by atoms with Gasteiger partial charge in [0.25, 0.3) is 5.91 Å². The molecule has 0 bridgehead atoms. The smallest absolute Gasteiger partial charge is 0.337 e. The Morgan fingerprint density at radius 2 is 1.97 bits per heavy atom. The minimum Gasteiger partial charge on any atom is -0.465 e. The van der Waals surface area contributed by atoms with Crippen molar-refractivity contribution in [2.45, 2.75) is 18.9 Å². The lowest BCUT2D eigenvalue weighted by molar-refractivity contribution is 0.0600. The van der Waals surface area contributed by atoms with Crippen LogP contribution >= 0.6 is 11.6 Å². The average molecular weight is 434 g/mol. The van der Waals surface area contributed by atoms with Crippen molar-refractivity contribution >= 4 is 35.1 Å². The number of guanidine groups is 1. The summed E-state index contributed by atoms with van der Waals surface area (Å²) in [6.45, 7) is 1.05. The van der Waals surface area contributed by atoms with Crippen molar-refractivity contribution in [2.75, 3.05) is 25.6 Å². The Labute approximate surface area is 178 Å². The molecule has 0 saturated carbocycles. The Bertz CT molecular complexity index is 944. The number of benzene rings is 2. The maximum Gasteiger partial charge on any atom is 0.337 e. The normalized spacial score (nSPS) is 16.2. The third-order valence-corrected chi connectivity index (χ3v) is 4.75. The molecule has 158 valence electrons. The first-order chi connectivity index (χ1) is 14.5. The van der Waals surface area contributed by atoms with Gasteiger partial charge in [-0.25, -0.2) is 14.2 Å². The molecular formula is C21H21ClFN3O4. The molecule has 0 radical (unpaired) electrons. The molecule has 9 heteroatoms. The number of ether oxygens (including phenoxy) is 2. The van der Waals surface area contributed by atoms with Gasteiger partial charge in [-0.3, -0.25) is 10.1 Å². The van der Waals surface area contributed by atoms with E-state index in [-0.39, 0.29) is 17.1 Å². The molecule has 2 aromatic rings. The molecule has 1 amide bonds. The zero-order chi connectivity index (χ0) is 21.5. The number of esters is 1. The van der Waals surface area contributed by atoms with E-state index in [9.17, 15) is 14.0 Å². The quantitative estimate of drug-likeness (QED) is 0.427. The highest BCUT2D eigenvalue weighted by Crippen LogP contribution is 2.19. The summed E-state index contributed by atoms with van der Waals surface area (Å²) >= 11 is 5.83. The molecule has 2 aromatic carbocycles. The van der Waals surface area contributed by atoms with Gasteiger partial charge >= 0.3 is 5.97 Å². The first-order valence-electron chi connectivity index (χ1n) is 9.34. The van der Waals surface area contributed by atoms with Crippen LogP contribution in [0.25, 0.3) is 0 Å². The fraction of sp³-hybridized carbons (Fsp3) is 0.286. The zero-order valence-corrected chi connectivity index (χ0v) is 17.0. The highest BCUT2D eigenvalue weighted by molar-refractivity contribution is 6.31. The molecule has 2 N–H and O–H groups in total. The van der Waals surface area contributed by atoms with Gasteiger partial charge in [0.2, 0.25) is 5.96 Å². The predicted molar refractivity (Wildman–Crippen MR) is 112 cm³/mol. The maximum absolute atomic E-state index is 13.4. The number of nitrogens with zero attached hydrogens (tertiary/aromatic N) is 1. The van der Waals surface area contributed by atoms with E-state index in [1.54, 1.807) is 0 Å². The highest BCUT2D eigenvalue weighted by Gasteiger charge is 2.16. The summed E-state index contributed by atoms with van der Waals surface area (Å²) < 4.78 is 23.6. The summed E-state index contributed by atoms with van der Waals surface area (Å²) in [5, 5.41) is 5.59. The van der Waals surface area contributed by atoms with Gasteiger partial charge in [-0.05, 0) is 55.3 Å². The zero-order valence-electron chi connectivity index (χ0n) is 16.3. The van der Waals surface area contributed by atoms with Crippen molar-refractivity contribution in [1.29, 1.82) is 0 Å². The molecule has 0 spiro atoms. The van der Waals surface area contributed by atoms with Crippen molar-refractivity contribution in [1.82, 2.24) is 5.32 Å². The third kappa shape index (κ3) is 5.77. The monoisotopic (exact) mass is 433 g/mol. The standard InChI is InChI=1S/C21H21ClFN3O4/c1-29-20(28)14-6-4-13(5-7-14)19(27)26-21(24-12-16-3-2-10-30-16)25-15-8-9-18(23)17(22)11-15/h4-9,11,16H,2-3,10,12H2,1H3,(H2,24,25,26,27). The number of anilines is 1. The predicted octanol–water partition coefficient (Wildman–Crippen LogP) is 3.64. The van der Waals surface area contributed by atoms with E-state index >= 15 is 0 Å². The second-order valence-electron chi connectivity index (χ2n) is 6.60. The summed E-state index contributed by atoms with van der Waals surface area (Å²) in [5.41, 5.74) is 1.13. The maximum atomic E-state index is 13.4. The number of carbonyl (C=O) groups is 2. The van der Waals surface area contributed by atoms with Crippen LogP contribution in [0.3, 0.4) is 0 Å². The van der Waals surface area contributed by atoms with Gasteiger partial charge in [-0.15, -0.1) is 0 Å². The number of rotatable bonds is 5. The van der Waals surface area contributed by atoms with Crippen LogP contribution in [0.1, 0.15) is 33.6 Å². The molecule has 0 aromatic heterocycles. The summed E-state index contributed by atoms with van der Waals surface area (Å²) in [7, 11) is 1.28. The van der Waals surface area contributed by atoms with Crippen LogP contribution in [0.15, 0.2) is 47.5 Å². The van der Waals surface area contributed by atoms with Gasteiger partial charge in [-0.2, -0.15) is 0 Å². The number of halogens is 2. The van der Waals surface area contributed by atoms with Crippen LogP contribution in [0.5, 0.6) is 0 Å². The van der Waals surface area contributed by atoms with Crippen molar-refractivity contribution < 1.29 is 23.5 Å². The van der Waals surface area contributed by atoms with Crippen LogP contribution in [0.4, 0.5) is 10.1 Å². The van der Waals surface area contributed by atoms with Gasteiger partial charge in [0.1, 0.15) is 5.82 Å². The number of hydrogen-bond donors (Lipinski definition) is 2. The molecular weight excluding hydrogens is 413 g/mol. The number of carbonyl (C=O) groups excluding carboxylic acids is 2. The van der Waals surface area contributed by atoms with Gasteiger partial charge < -0.3 is 14.8 Å². The number of methoxy groups -OCH3 is 1. The first-order valence-corrected chi connectivity index (χ1v) is 9.72. The minimum atomic E-state index is -0.546. The lowest BCUT2D eigenvalue weighted by Crippen LogP contribution is -2.36. The fourth-order valence-electron chi connectivity index (χ4n) is 2.86. The molecule has 1 aliphatic heterocycles. The Morgan fingerprint density at radius 1 is 1.23 bits per heavy atom. The molecule has 1 saturated heterocycles. The van der Waals surface area contributed by atoms with Crippen LogP contribution < -0.4 is 10.6 Å². The van der Waals surface area contributed by atoms with Crippen LogP contribution in [-0.2, 0) is 9.47 Å². The van der Waals surface area contributed by atoms with E-state index in [1.807, 2.05) is 0 Å². The van der Waals surface area contributed by atoms with Crippen LogP contribution in [-0.4, -0.2) is 44.2 Å². The Kier molecular flexibility index (Phi) is 7.37. The van der Waals surface area contributed by atoms with E-state index < -0.39 is 17.7 Å². The van der Waals surface area contributed by atoms with E-state index in [1.165, 1.54) is 49.6 Å². The van der Waals surface area contributed by atoms with Gasteiger partial charge in [0, 0.05) is 17.9 Å². The summed E-state index contributed by atoms with van der Waals surface area (Å²) in [6.07, 6.45) is 1.84.